The van der Waals surface area contributed by atoms with Crippen LogP contribution in [0.2, 0.25) is 0 Å². The molecule has 1 saturated carbocycles. The SMILES string of the molecule is CCNCC1CCC1.[HH]. The summed E-state index contributed by atoms with van der Waals surface area (Å²) in [6.45, 7) is 4.56. The molecule has 1 fully saturated rings. The Hall–Kier alpha value is -0.0400. The Morgan fingerprint density at radius 2 is 2.38 bits per heavy atom. The zero-order valence-corrected chi connectivity index (χ0v) is 5.61. The molecule has 1 aliphatic rings. The Bertz CT molecular complexity index is 61.9. The number of rotatable bonds is 3. The van der Waals surface area contributed by atoms with Gasteiger partial charge in [-0.3, -0.25) is 0 Å². The first kappa shape index (κ1) is 6.09. The lowest BCUT2D eigenvalue weighted by atomic mass is 9.85. The fourth-order valence-corrected chi connectivity index (χ4v) is 1.05. The van der Waals surface area contributed by atoms with Gasteiger partial charge in [-0.25, -0.2) is 0 Å². The van der Waals surface area contributed by atoms with Crippen molar-refractivity contribution in [2.45, 2.75) is 26.2 Å². The van der Waals surface area contributed by atoms with Crippen molar-refractivity contribution in [1.82, 2.24) is 5.32 Å². The van der Waals surface area contributed by atoms with Crippen LogP contribution in [-0.2, 0) is 0 Å². The van der Waals surface area contributed by atoms with Crippen LogP contribution in [0.3, 0.4) is 0 Å². The average molecular weight is 115 g/mol. The Balaban J connectivity index is 0.000000640. The molecule has 1 heteroatoms. The summed E-state index contributed by atoms with van der Waals surface area (Å²) >= 11 is 0. The highest BCUT2D eigenvalue weighted by molar-refractivity contribution is 4.70. The minimum absolute atomic E-state index is 0. The number of hydrogen-bond acceptors (Lipinski definition) is 1. The first-order valence-corrected chi connectivity index (χ1v) is 3.64. The Labute approximate surface area is 53.0 Å². The van der Waals surface area contributed by atoms with E-state index < -0.39 is 0 Å². The summed E-state index contributed by atoms with van der Waals surface area (Å²) in [5.41, 5.74) is 0. The smallest absolute Gasteiger partial charge is 0 e. The van der Waals surface area contributed by atoms with Gasteiger partial charge < -0.3 is 5.32 Å². The van der Waals surface area contributed by atoms with Crippen LogP contribution in [0.4, 0.5) is 0 Å². The van der Waals surface area contributed by atoms with Crippen molar-refractivity contribution in [3.05, 3.63) is 0 Å². The van der Waals surface area contributed by atoms with Crippen molar-refractivity contribution >= 4 is 0 Å². The monoisotopic (exact) mass is 115 g/mol. The van der Waals surface area contributed by atoms with Gasteiger partial charge in [0.1, 0.15) is 0 Å². The van der Waals surface area contributed by atoms with E-state index in [0.29, 0.717) is 0 Å². The van der Waals surface area contributed by atoms with Crippen molar-refractivity contribution in [3.8, 4) is 0 Å². The van der Waals surface area contributed by atoms with Gasteiger partial charge in [-0.1, -0.05) is 13.3 Å². The Morgan fingerprint density at radius 1 is 1.62 bits per heavy atom. The minimum atomic E-state index is 0. The second-order valence-electron chi connectivity index (χ2n) is 2.60. The fourth-order valence-electron chi connectivity index (χ4n) is 1.05. The molecule has 0 aromatic rings. The highest BCUT2D eigenvalue weighted by atomic mass is 14.8. The molecule has 0 amide bonds. The molecule has 50 valence electrons. The molecule has 1 N–H and O–H groups in total. The molecule has 0 unspecified atom stereocenters. The van der Waals surface area contributed by atoms with Gasteiger partial charge in [0.2, 0.25) is 0 Å². The maximum atomic E-state index is 3.35. The Morgan fingerprint density at radius 3 is 2.75 bits per heavy atom. The quantitative estimate of drug-likeness (QED) is 0.589. The number of nitrogens with one attached hydrogen (secondary N) is 1. The van der Waals surface area contributed by atoms with Crippen molar-refractivity contribution < 1.29 is 1.43 Å². The maximum absolute atomic E-state index is 3.35. The highest BCUT2D eigenvalue weighted by Crippen LogP contribution is 2.24. The molecule has 0 spiro atoms. The van der Waals surface area contributed by atoms with E-state index in [0.717, 1.165) is 12.5 Å². The van der Waals surface area contributed by atoms with Gasteiger partial charge in [0, 0.05) is 1.43 Å². The second kappa shape index (κ2) is 3.08. The summed E-state index contributed by atoms with van der Waals surface area (Å²) in [5, 5.41) is 3.35. The van der Waals surface area contributed by atoms with Crippen LogP contribution < -0.4 is 5.32 Å². The summed E-state index contributed by atoms with van der Waals surface area (Å²) in [6.07, 6.45) is 4.40. The van der Waals surface area contributed by atoms with Gasteiger partial charge in [-0.2, -0.15) is 0 Å². The highest BCUT2D eigenvalue weighted by Gasteiger charge is 2.15. The predicted molar refractivity (Wildman–Crippen MR) is 38.0 cm³/mol. The topological polar surface area (TPSA) is 12.0 Å². The van der Waals surface area contributed by atoms with Gasteiger partial charge in [-0.15, -0.1) is 0 Å². The third-order valence-electron chi connectivity index (χ3n) is 1.91. The van der Waals surface area contributed by atoms with Crippen molar-refractivity contribution in [2.24, 2.45) is 5.92 Å². The van der Waals surface area contributed by atoms with Crippen LogP contribution in [0.25, 0.3) is 0 Å². The van der Waals surface area contributed by atoms with Crippen LogP contribution in [0.15, 0.2) is 0 Å². The predicted octanol–water partition coefficient (Wildman–Crippen LogP) is 1.64. The molecule has 0 heterocycles. The lowest BCUT2D eigenvalue weighted by Gasteiger charge is -2.24. The number of hydrogen-bond donors (Lipinski definition) is 1. The molecule has 0 aliphatic heterocycles. The zero-order chi connectivity index (χ0) is 5.82. The summed E-state index contributed by atoms with van der Waals surface area (Å²) in [4.78, 5) is 0. The first-order valence-electron chi connectivity index (χ1n) is 3.64. The van der Waals surface area contributed by atoms with E-state index >= 15 is 0 Å². The summed E-state index contributed by atoms with van der Waals surface area (Å²) in [6, 6.07) is 0. The third-order valence-corrected chi connectivity index (χ3v) is 1.91. The van der Waals surface area contributed by atoms with E-state index in [1.807, 2.05) is 0 Å². The summed E-state index contributed by atoms with van der Waals surface area (Å²) in [5.74, 6) is 1.02. The Kier molecular flexibility index (Phi) is 2.34. The van der Waals surface area contributed by atoms with Crippen LogP contribution >= 0.6 is 0 Å². The van der Waals surface area contributed by atoms with Gasteiger partial charge in [-0.05, 0) is 31.8 Å². The third kappa shape index (κ3) is 1.48. The zero-order valence-electron chi connectivity index (χ0n) is 5.61. The molecule has 0 bridgehead atoms. The summed E-state index contributed by atoms with van der Waals surface area (Å²) < 4.78 is 0. The molecule has 1 rings (SSSR count). The van der Waals surface area contributed by atoms with E-state index in [-0.39, 0.29) is 1.43 Å². The van der Waals surface area contributed by atoms with E-state index in [1.165, 1.54) is 25.8 Å². The van der Waals surface area contributed by atoms with Gasteiger partial charge >= 0.3 is 0 Å². The molecular weight excluding hydrogens is 98.1 g/mol. The first-order chi connectivity index (χ1) is 3.93. The van der Waals surface area contributed by atoms with Crippen molar-refractivity contribution in [2.75, 3.05) is 13.1 Å². The lowest BCUT2D eigenvalue weighted by Crippen LogP contribution is -2.26. The van der Waals surface area contributed by atoms with Gasteiger partial charge in [0.05, 0.1) is 0 Å². The molecule has 1 nitrogen and oxygen atoms in total. The van der Waals surface area contributed by atoms with E-state index in [9.17, 15) is 0 Å². The van der Waals surface area contributed by atoms with Crippen LogP contribution in [0.1, 0.15) is 27.6 Å². The standard InChI is InChI=1S/C7H15N.H2/c1-2-8-6-7-4-3-5-7;/h7-8H,2-6H2,1H3;1H. The maximum Gasteiger partial charge on any atom is 0 e. The van der Waals surface area contributed by atoms with E-state index in [2.05, 4.69) is 12.2 Å². The summed E-state index contributed by atoms with van der Waals surface area (Å²) in [7, 11) is 0. The van der Waals surface area contributed by atoms with Crippen molar-refractivity contribution in [3.63, 3.8) is 0 Å². The van der Waals surface area contributed by atoms with E-state index in [1.54, 1.807) is 0 Å². The van der Waals surface area contributed by atoms with Gasteiger partial charge in [0.15, 0.2) is 0 Å². The normalized spacial score (nSPS) is 20.6. The van der Waals surface area contributed by atoms with Crippen molar-refractivity contribution in [1.29, 1.82) is 0 Å². The van der Waals surface area contributed by atoms with Crippen LogP contribution in [0.5, 0.6) is 0 Å². The molecule has 0 saturated heterocycles. The molecule has 0 aromatic heterocycles. The molecular formula is C7H17N. The van der Waals surface area contributed by atoms with Gasteiger partial charge in [0.25, 0.3) is 0 Å². The van der Waals surface area contributed by atoms with Crippen LogP contribution in [0, 0.1) is 5.92 Å². The largest absolute Gasteiger partial charge is 0.317 e. The molecule has 0 aromatic carbocycles. The molecule has 8 heavy (non-hydrogen) atoms. The van der Waals surface area contributed by atoms with E-state index in [4.69, 9.17) is 0 Å². The molecule has 1 aliphatic carbocycles. The molecule has 0 radical (unpaired) electrons. The minimum Gasteiger partial charge on any atom is -0.317 e. The molecule has 0 atom stereocenters. The lowest BCUT2D eigenvalue weighted by molar-refractivity contribution is 0.304. The second-order valence-corrected chi connectivity index (χ2v) is 2.60. The fraction of sp³-hybridized carbons (Fsp3) is 1.00. The van der Waals surface area contributed by atoms with Crippen LogP contribution in [-0.4, -0.2) is 13.1 Å². The average Bonchev–Trinajstić information content (AvgIpc) is 1.63.